The fraction of sp³-hybridized carbons (Fsp3) is 0.368. The molecule has 0 radical (unpaired) electrons. The topological polar surface area (TPSA) is 52.6 Å². The smallest absolute Gasteiger partial charge is 0.349 e. The van der Waals surface area contributed by atoms with Gasteiger partial charge < -0.3 is 9.47 Å². The highest BCUT2D eigenvalue weighted by Gasteiger charge is 2.46. The Labute approximate surface area is 286 Å². The Balaban J connectivity index is 1.40. The Morgan fingerprint density at radius 2 is 0.848 bits per heavy atom. The number of hydrogen-bond acceptors (Lipinski definition) is 8. The molecular weight excluding hydrogens is 649 g/mol. The van der Waals surface area contributed by atoms with Crippen LogP contribution in [0.1, 0.15) is 104 Å². The molecule has 7 rings (SSSR count). The number of esters is 2. The Kier molecular flexibility index (Phi) is 7.37. The predicted octanol–water partition coefficient (Wildman–Crippen LogP) is 11.9. The standard InChI is InChI=1S/C38H38O4S4/c1-13(2)29-15(5)16(6)31(43-29)25-27-28(42-37(25)39)26(38(40)41-27)32-17(7)18(8)35(45-32)36-22(12)24-21(11)33-23(20(10)34(24)46-36)19(9)30(44-33)14(3)4/h13-14H,1-12H3. The van der Waals surface area contributed by atoms with Crippen LogP contribution in [0.5, 0.6) is 0 Å². The van der Waals surface area contributed by atoms with Crippen LogP contribution in [0.15, 0.2) is 11.5 Å². The van der Waals surface area contributed by atoms with E-state index in [1.807, 2.05) is 29.6 Å². The summed E-state index contributed by atoms with van der Waals surface area (Å²) in [6.07, 6.45) is 0. The van der Waals surface area contributed by atoms with E-state index in [9.17, 15) is 9.59 Å². The lowest BCUT2D eigenvalue weighted by atomic mass is 9.96. The fourth-order valence-corrected chi connectivity index (χ4v) is 12.9. The molecular formula is C38H38O4S4. The number of rotatable bonds is 5. The van der Waals surface area contributed by atoms with E-state index in [1.165, 1.54) is 62.6 Å². The third-order valence-electron chi connectivity index (χ3n) is 9.86. The number of carbonyl (C=O) groups is 2. The summed E-state index contributed by atoms with van der Waals surface area (Å²) in [7, 11) is 0. The van der Waals surface area contributed by atoms with Gasteiger partial charge in [-0.2, -0.15) is 0 Å². The zero-order valence-corrected chi connectivity index (χ0v) is 31.7. The van der Waals surface area contributed by atoms with Gasteiger partial charge in [-0.05, 0) is 112 Å². The van der Waals surface area contributed by atoms with Crippen LogP contribution in [0.4, 0.5) is 0 Å². The SMILES string of the molecule is Cc1c(C2=C3OC(=O)C(c4sc(C(C)C)c(C)c4C)=C3OC2=O)sc(-c2sc3c(C)c4c(C)c(C(C)C)sc4c(C)c3c2C)c1C. The summed E-state index contributed by atoms with van der Waals surface area (Å²) in [5, 5.41) is 2.75. The van der Waals surface area contributed by atoms with Crippen LogP contribution in [0.25, 0.3) is 41.1 Å². The summed E-state index contributed by atoms with van der Waals surface area (Å²) in [5.74, 6) is 0.432. The second kappa shape index (κ2) is 10.7. The average molecular weight is 687 g/mol. The molecule has 0 atom stereocenters. The second-order valence-corrected chi connectivity index (χ2v) is 17.5. The molecule has 5 aromatic rings. The molecule has 4 nitrogen and oxygen atoms in total. The zero-order chi connectivity index (χ0) is 33.3. The molecule has 0 N–H and O–H groups in total. The van der Waals surface area contributed by atoms with Crippen LogP contribution in [-0.2, 0) is 19.1 Å². The number of carbonyl (C=O) groups excluding carboxylic acids is 2. The van der Waals surface area contributed by atoms with Crippen LogP contribution in [-0.4, -0.2) is 11.9 Å². The van der Waals surface area contributed by atoms with Crippen molar-refractivity contribution in [1.82, 2.24) is 0 Å². The maximum atomic E-state index is 13.6. The summed E-state index contributed by atoms with van der Waals surface area (Å²) in [6.45, 7) is 26.2. The number of hydrogen-bond donors (Lipinski definition) is 0. The lowest BCUT2D eigenvalue weighted by molar-refractivity contribution is -0.131. The predicted molar refractivity (Wildman–Crippen MR) is 197 cm³/mol. The summed E-state index contributed by atoms with van der Waals surface area (Å²) >= 11 is 6.99. The van der Waals surface area contributed by atoms with Gasteiger partial charge in [0, 0.05) is 49.4 Å². The monoisotopic (exact) mass is 686 g/mol. The van der Waals surface area contributed by atoms with Crippen LogP contribution in [0.3, 0.4) is 0 Å². The van der Waals surface area contributed by atoms with E-state index in [4.69, 9.17) is 9.47 Å². The van der Waals surface area contributed by atoms with Crippen molar-refractivity contribution in [3.05, 3.63) is 75.5 Å². The molecule has 238 valence electrons. The first-order chi connectivity index (χ1) is 21.6. The van der Waals surface area contributed by atoms with Gasteiger partial charge in [0.15, 0.2) is 11.5 Å². The number of fused-ring (bicyclic) bond motifs is 3. The Morgan fingerprint density at radius 3 is 1.37 bits per heavy atom. The molecule has 0 amide bonds. The first-order valence-corrected chi connectivity index (χ1v) is 19.0. The molecule has 0 saturated carbocycles. The normalized spacial score (nSPS) is 15.2. The van der Waals surface area contributed by atoms with Gasteiger partial charge in [-0.25, -0.2) is 9.59 Å². The van der Waals surface area contributed by atoms with E-state index in [1.54, 1.807) is 22.7 Å². The van der Waals surface area contributed by atoms with Crippen LogP contribution < -0.4 is 0 Å². The van der Waals surface area contributed by atoms with Crippen molar-refractivity contribution in [2.45, 2.75) is 94.9 Å². The lowest BCUT2D eigenvalue weighted by Gasteiger charge is -2.07. The highest BCUT2D eigenvalue weighted by Crippen LogP contribution is 2.53. The van der Waals surface area contributed by atoms with Crippen molar-refractivity contribution < 1.29 is 19.1 Å². The average Bonchev–Trinajstić information content (AvgIpc) is 3.80. The second-order valence-electron chi connectivity index (χ2n) is 13.4. The highest BCUT2D eigenvalue weighted by atomic mass is 32.1. The van der Waals surface area contributed by atoms with Gasteiger partial charge in [0.25, 0.3) is 0 Å². The first-order valence-electron chi connectivity index (χ1n) is 15.7. The first kappa shape index (κ1) is 31.6. The molecule has 2 aliphatic rings. The Hall–Kier alpha value is -3.04. The fourth-order valence-electron chi connectivity index (χ4n) is 7.22. The number of thiophene rings is 4. The van der Waals surface area contributed by atoms with E-state index < -0.39 is 11.9 Å². The molecule has 0 spiro atoms. The van der Waals surface area contributed by atoms with Crippen molar-refractivity contribution in [1.29, 1.82) is 0 Å². The summed E-state index contributed by atoms with van der Waals surface area (Å²) in [5.41, 5.74) is 10.5. The minimum absolute atomic E-state index is 0.258. The third kappa shape index (κ3) is 4.19. The van der Waals surface area contributed by atoms with Gasteiger partial charge in [-0.3, -0.25) is 0 Å². The van der Waals surface area contributed by atoms with Gasteiger partial charge in [0.1, 0.15) is 11.1 Å². The van der Waals surface area contributed by atoms with E-state index in [-0.39, 0.29) is 11.5 Å². The maximum absolute atomic E-state index is 13.6. The minimum Gasteiger partial charge on any atom is -0.418 e. The van der Waals surface area contributed by atoms with Crippen LogP contribution in [0.2, 0.25) is 0 Å². The number of aryl methyl sites for hydroxylation is 4. The molecule has 46 heavy (non-hydrogen) atoms. The van der Waals surface area contributed by atoms with Gasteiger partial charge in [0.05, 0.1) is 0 Å². The van der Waals surface area contributed by atoms with Crippen molar-refractivity contribution >= 4 is 88.6 Å². The Bertz CT molecular complexity index is 2270. The number of benzene rings is 1. The summed E-state index contributed by atoms with van der Waals surface area (Å²) in [6, 6.07) is 0. The quantitative estimate of drug-likeness (QED) is 0.173. The molecule has 6 heterocycles. The minimum atomic E-state index is -0.461. The molecule has 8 heteroatoms. The van der Waals surface area contributed by atoms with E-state index >= 15 is 0 Å². The third-order valence-corrected chi connectivity index (χ3v) is 16.3. The highest BCUT2D eigenvalue weighted by molar-refractivity contribution is 7.27. The zero-order valence-electron chi connectivity index (χ0n) is 28.4. The van der Waals surface area contributed by atoms with Crippen molar-refractivity contribution in [2.24, 2.45) is 0 Å². The van der Waals surface area contributed by atoms with Crippen molar-refractivity contribution in [3.8, 4) is 9.75 Å². The lowest BCUT2D eigenvalue weighted by Crippen LogP contribution is -2.04. The molecule has 2 aliphatic heterocycles. The van der Waals surface area contributed by atoms with Crippen molar-refractivity contribution in [3.63, 3.8) is 0 Å². The molecule has 0 unspecified atom stereocenters. The van der Waals surface area contributed by atoms with Crippen molar-refractivity contribution in [2.75, 3.05) is 0 Å². The molecule has 0 fully saturated rings. The van der Waals surface area contributed by atoms with E-state index in [0.29, 0.717) is 23.0 Å². The van der Waals surface area contributed by atoms with Crippen LogP contribution in [0, 0.1) is 55.4 Å². The summed E-state index contributed by atoms with van der Waals surface area (Å²) < 4.78 is 14.5. The number of ether oxygens (including phenoxy) is 2. The van der Waals surface area contributed by atoms with Gasteiger partial charge in [-0.15, -0.1) is 45.3 Å². The molecule has 4 aromatic heterocycles. The van der Waals surface area contributed by atoms with Gasteiger partial charge >= 0.3 is 11.9 Å². The van der Waals surface area contributed by atoms with Gasteiger partial charge in [0.2, 0.25) is 0 Å². The maximum Gasteiger partial charge on any atom is 0.349 e. The van der Waals surface area contributed by atoms with E-state index in [0.717, 1.165) is 31.3 Å². The Morgan fingerprint density at radius 1 is 0.435 bits per heavy atom. The van der Waals surface area contributed by atoms with Crippen LogP contribution >= 0.6 is 45.3 Å². The van der Waals surface area contributed by atoms with Gasteiger partial charge in [-0.1, -0.05) is 27.7 Å². The molecule has 0 saturated heterocycles. The molecule has 0 aliphatic carbocycles. The molecule has 1 aromatic carbocycles. The summed E-state index contributed by atoms with van der Waals surface area (Å²) in [4.78, 5) is 33.7. The largest absolute Gasteiger partial charge is 0.418 e. The van der Waals surface area contributed by atoms with E-state index in [2.05, 4.69) is 76.2 Å². The molecule has 0 bridgehead atoms.